The molecule has 2 heterocycles. The van der Waals surface area contributed by atoms with Crippen molar-refractivity contribution in [3.63, 3.8) is 0 Å². The van der Waals surface area contributed by atoms with Crippen LogP contribution in [0.25, 0.3) is 21.9 Å². The van der Waals surface area contributed by atoms with E-state index in [1.54, 1.807) is 13.4 Å². The molecule has 4 rings (SSSR count). The number of imidazole rings is 1. The highest BCUT2D eigenvalue weighted by Crippen LogP contribution is 2.29. The van der Waals surface area contributed by atoms with Crippen LogP contribution in [0.3, 0.4) is 0 Å². The van der Waals surface area contributed by atoms with Gasteiger partial charge in [-0.15, -0.1) is 0 Å². The van der Waals surface area contributed by atoms with Crippen LogP contribution in [0.5, 0.6) is 0 Å². The van der Waals surface area contributed by atoms with E-state index < -0.39 is 0 Å². The number of aromatic amines is 1. The van der Waals surface area contributed by atoms with Gasteiger partial charge in [0.2, 0.25) is 0 Å². The van der Waals surface area contributed by atoms with Crippen molar-refractivity contribution in [1.82, 2.24) is 15.0 Å². The first-order valence-corrected chi connectivity index (χ1v) is 7.84. The Balaban J connectivity index is 1.90. The van der Waals surface area contributed by atoms with E-state index in [-0.39, 0.29) is 0 Å². The number of H-pyrrole nitrogens is 1. The van der Waals surface area contributed by atoms with E-state index in [2.05, 4.69) is 39.2 Å². The van der Waals surface area contributed by atoms with Crippen molar-refractivity contribution in [3.8, 4) is 0 Å². The first-order valence-electron chi connectivity index (χ1n) is 7.84. The molecule has 0 aliphatic carbocycles. The molecule has 0 atom stereocenters. The average Bonchev–Trinajstić information content (AvgIpc) is 3.07. The Kier molecular flexibility index (Phi) is 3.63. The lowest BCUT2D eigenvalue weighted by Gasteiger charge is -2.11. The van der Waals surface area contributed by atoms with E-state index in [9.17, 15) is 0 Å². The summed E-state index contributed by atoms with van der Waals surface area (Å²) in [5.41, 5.74) is 12.2. The zero-order valence-corrected chi connectivity index (χ0v) is 13.4. The van der Waals surface area contributed by atoms with E-state index in [1.807, 2.05) is 18.2 Å². The van der Waals surface area contributed by atoms with E-state index >= 15 is 0 Å². The fraction of sp³-hybridized carbons (Fsp3) is 0.158. The van der Waals surface area contributed by atoms with E-state index in [0.717, 1.165) is 28.4 Å². The van der Waals surface area contributed by atoms with Crippen molar-refractivity contribution >= 4 is 27.8 Å². The summed E-state index contributed by atoms with van der Waals surface area (Å²) >= 11 is 0. The Bertz CT molecular complexity index is 1020. The number of benzene rings is 2. The quantitative estimate of drug-likeness (QED) is 0.604. The fourth-order valence-corrected chi connectivity index (χ4v) is 3.21. The standard InChI is InChI=1S/C19H18N4O/c1-24-10-14-6-3-2-5-12(14)9-13-7-4-8-15-16(13)17-18(19(20)23-15)22-11-21-17/h2-8,11H,9-10H2,1H3,(H2,20,23)(H,21,22). The molecule has 0 saturated heterocycles. The second kappa shape index (κ2) is 5.94. The third kappa shape index (κ3) is 2.39. The number of hydrogen-bond acceptors (Lipinski definition) is 4. The molecular weight excluding hydrogens is 300 g/mol. The fourth-order valence-electron chi connectivity index (χ4n) is 3.21. The number of nitrogens with one attached hydrogen (secondary N) is 1. The Morgan fingerprint density at radius 3 is 2.67 bits per heavy atom. The van der Waals surface area contributed by atoms with Crippen LogP contribution >= 0.6 is 0 Å². The van der Waals surface area contributed by atoms with Gasteiger partial charge in [0.05, 0.1) is 24.0 Å². The van der Waals surface area contributed by atoms with Crippen LogP contribution in [0, 0.1) is 0 Å². The number of hydrogen-bond donors (Lipinski definition) is 2. The molecular formula is C19H18N4O. The zero-order chi connectivity index (χ0) is 16.5. The van der Waals surface area contributed by atoms with Gasteiger partial charge in [0, 0.05) is 12.5 Å². The van der Waals surface area contributed by atoms with Gasteiger partial charge in [-0.3, -0.25) is 0 Å². The third-order valence-electron chi connectivity index (χ3n) is 4.30. The summed E-state index contributed by atoms with van der Waals surface area (Å²) in [6.07, 6.45) is 2.47. The van der Waals surface area contributed by atoms with Gasteiger partial charge in [0.1, 0.15) is 5.52 Å². The van der Waals surface area contributed by atoms with Crippen LogP contribution in [0.1, 0.15) is 16.7 Å². The van der Waals surface area contributed by atoms with Gasteiger partial charge in [-0.05, 0) is 29.2 Å². The summed E-state index contributed by atoms with van der Waals surface area (Å²) in [5, 5.41) is 1.08. The summed E-state index contributed by atoms with van der Waals surface area (Å²) in [6.45, 7) is 0.603. The van der Waals surface area contributed by atoms with Crippen molar-refractivity contribution in [2.45, 2.75) is 13.0 Å². The minimum absolute atomic E-state index is 0.454. The topological polar surface area (TPSA) is 76.8 Å². The number of fused-ring (bicyclic) bond motifs is 3. The number of nitrogen functional groups attached to an aromatic ring is 1. The molecule has 4 aromatic rings. The number of aromatic nitrogens is 3. The molecule has 0 radical (unpaired) electrons. The first-order chi connectivity index (χ1) is 11.8. The average molecular weight is 318 g/mol. The highest BCUT2D eigenvalue weighted by atomic mass is 16.5. The number of methoxy groups -OCH3 is 1. The summed E-state index contributed by atoms with van der Waals surface area (Å²) in [5.74, 6) is 0.454. The molecule has 2 aromatic heterocycles. The van der Waals surface area contributed by atoms with Gasteiger partial charge in [0.15, 0.2) is 5.82 Å². The highest BCUT2D eigenvalue weighted by molar-refractivity contribution is 6.07. The number of nitrogens with zero attached hydrogens (tertiary/aromatic N) is 2. The summed E-state index contributed by atoms with van der Waals surface area (Å²) < 4.78 is 5.32. The van der Waals surface area contributed by atoms with E-state index in [4.69, 9.17) is 10.5 Å². The van der Waals surface area contributed by atoms with Gasteiger partial charge >= 0.3 is 0 Å². The second-order valence-corrected chi connectivity index (χ2v) is 5.81. The maximum absolute atomic E-state index is 6.02. The zero-order valence-electron chi connectivity index (χ0n) is 13.4. The molecule has 0 fully saturated rings. The molecule has 0 saturated carbocycles. The van der Waals surface area contributed by atoms with Gasteiger partial charge in [-0.1, -0.05) is 36.4 Å². The van der Waals surface area contributed by atoms with Gasteiger partial charge in [0.25, 0.3) is 0 Å². The molecule has 2 aromatic carbocycles. The van der Waals surface area contributed by atoms with Crippen LogP contribution in [-0.2, 0) is 17.8 Å². The molecule has 0 aliphatic rings. The third-order valence-corrected chi connectivity index (χ3v) is 4.30. The maximum Gasteiger partial charge on any atom is 0.152 e. The number of pyridine rings is 1. The van der Waals surface area contributed by atoms with Gasteiger partial charge in [-0.2, -0.15) is 0 Å². The molecule has 0 unspecified atom stereocenters. The van der Waals surface area contributed by atoms with Crippen LogP contribution in [-0.4, -0.2) is 22.1 Å². The summed E-state index contributed by atoms with van der Waals surface area (Å²) in [7, 11) is 1.72. The van der Waals surface area contributed by atoms with Gasteiger partial charge in [-0.25, -0.2) is 9.97 Å². The normalized spacial score (nSPS) is 11.4. The van der Waals surface area contributed by atoms with Crippen LogP contribution in [0.4, 0.5) is 5.82 Å². The lowest BCUT2D eigenvalue weighted by molar-refractivity contribution is 0.184. The second-order valence-electron chi connectivity index (χ2n) is 5.81. The molecule has 0 aliphatic heterocycles. The SMILES string of the molecule is COCc1ccccc1Cc1cccc2nc(N)c3nc[nH]c3c12. The Labute approximate surface area is 139 Å². The largest absolute Gasteiger partial charge is 0.382 e. The number of nitrogens with two attached hydrogens (primary N) is 1. The van der Waals surface area contributed by atoms with Crippen molar-refractivity contribution in [1.29, 1.82) is 0 Å². The van der Waals surface area contributed by atoms with Crippen molar-refractivity contribution < 1.29 is 4.74 Å². The van der Waals surface area contributed by atoms with Gasteiger partial charge < -0.3 is 15.5 Å². The molecule has 3 N–H and O–H groups in total. The van der Waals surface area contributed by atoms with E-state index in [1.165, 1.54) is 16.7 Å². The molecule has 24 heavy (non-hydrogen) atoms. The Morgan fingerprint density at radius 1 is 1.04 bits per heavy atom. The van der Waals surface area contributed by atoms with Crippen LogP contribution < -0.4 is 5.73 Å². The van der Waals surface area contributed by atoms with Crippen molar-refractivity contribution in [2.24, 2.45) is 0 Å². The van der Waals surface area contributed by atoms with Crippen molar-refractivity contribution in [3.05, 3.63) is 65.5 Å². The number of rotatable bonds is 4. The summed E-state index contributed by atoms with van der Waals surface area (Å²) in [4.78, 5) is 12.0. The lowest BCUT2D eigenvalue weighted by atomic mass is 9.96. The predicted octanol–water partition coefficient (Wildman–Crippen LogP) is 3.43. The molecule has 0 amide bonds. The molecule has 5 nitrogen and oxygen atoms in total. The first kappa shape index (κ1) is 14.7. The molecule has 120 valence electrons. The molecule has 0 bridgehead atoms. The highest BCUT2D eigenvalue weighted by Gasteiger charge is 2.13. The Hall–Kier alpha value is -2.92. The van der Waals surface area contributed by atoms with Crippen LogP contribution in [0.15, 0.2) is 48.8 Å². The Morgan fingerprint density at radius 2 is 1.83 bits per heavy atom. The lowest BCUT2D eigenvalue weighted by Crippen LogP contribution is -1.99. The molecule has 5 heteroatoms. The van der Waals surface area contributed by atoms with Crippen LogP contribution in [0.2, 0.25) is 0 Å². The van der Waals surface area contributed by atoms with Crippen molar-refractivity contribution in [2.75, 3.05) is 12.8 Å². The smallest absolute Gasteiger partial charge is 0.152 e. The summed E-state index contributed by atoms with van der Waals surface area (Å²) in [6, 6.07) is 14.5. The number of anilines is 1. The molecule has 0 spiro atoms. The minimum atomic E-state index is 0.454. The number of ether oxygens (including phenoxy) is 1. The predicted molar refractivity (Wildman–Crippen MR) is 95.8 cm³/mol. The minimum Gasteiger partial charge on any atom is -0.382 e. The monoisotopic (exact) mass is 318 g/mol. The van der Waals surface area contributed by atoms with E-state index in [0.29, 0.717) is 12.4 Å². The maximum atomic E-state index is 6.02.